The van der Waals surface area contributed by atoms with E-state index < -0.39 is 6.10 Å². The predicted octanol–water partition coefficient (Wildman–Crippen LogP) is 2.41. The van der Waals surface area contributed by atoms with Crippen LogP contribution < -0.4 is 5.32 Å². The van der Waals surface area contributed by atoms with Crippen LogP contribution in [0.2, 0.25) is 0 Å². The highest BCUT2D eigenvalue weighted by atomic mass is 19.1. The van der Waals surface area contributed by atoms with Gasteiger partial charge in [0.1, 0.15) is 5.82 Å². The number of hydrogen-bond donors (Lipinski definition) is 2. The summed E-state index contributed by atoms with van der Waals surface area (Å²) >= 11 is 0. The molecule has 0 radical (unpaired) electrons. The van der Waals surface area contributed by atoms with E-state index in [0.29, 0.717) is 6.54 Å². The number of aliphatic hydroxyl groups is 1. The van der Waals surface area contributed by atoms with Gasteiger partial charge >= 0.3 is 0 Å². The van der Waals surface area contributed by atoms with Gasteiger partial charge in [-0.15, -0.1) is 6.58 Å². The lowest BCUT2D eigenvalue weighted by Gasteiger charge is -2.16. The fourth-order valence-corrected chi connectivity index (χ4v) is 1.45. The van der Waals surface area contributed by atoms with Crippen molar-refractivity contribution >= 4 is 0 Å². The van der Waals surface area contributed by atoms with Gasteiger partial charge in [0.15, 0.2) is 0 Å². The number of benzene rings is 1. The maximum absolute atomic E-state index is 12.7. The molecule has 0 bridgehead atoms. The molecule has 1 rings (SSSR count). The third kappa shape index (κ3) is 4.13. The van der Waals surface area contributed by atoms with E-state index in [4.69, 9.17) is 0 Å². The van der Waals surface area contributed by atoms with Crippen molar-refractivity contribution < 1.29 is 9.50 Å². The lowest BCUT2D eigenvalue weighted by Crippen LogP contribution is -2.29. The molecule has 3 heteroatoms. The van der Waals surface area contributed by atoms with Crippen molar-refractivity contribution in [3.8, 4) is 0 Å². The van der Waals surface area contributed by atoms with Crippen molar-refractivity contribution in [3.63, 3.8) is 0 Å². The highest BCUT2D eigenvalue weighted by Crippen LogP contribution is 2.12. The zero-order chi connectivity index (χ0) is 12.0. The summed E-state index contributed by atoms with van der Waals surface area (Å²) in [4.78, 5) is 0. The predicted molar refractivity (Wildman–Crippen MR) is 63.6 cm³/mol. The van der Waals surface area contributed by atoms with E-state index in [1.165, 1.54) is 12.1 Å². The summed E-state index contributed by atoms with van der Waals surface area (Å²) in [6, 6.07) is 6.18. The Morgan fingerprint density at radius 2 is 2.06 bits per heavy atom. The Balaban J connectivity index is 2.43. The van der Waals surface area contributed by atoms with Gasteiger partial charge in [0.25, 0.3) is 0 Å². The molecule has 0 aromatic heterocycles. The standard InChI is InChI=1S/C13H18FNO/c1-3-4-10(2)15-9-13(16)11-5-7-12(14)8-6-11/h3,5-8,10,13,15-16H,1,4,9H2,2H3. The van der Waals surface area contributed by atoms with Gasteiger partial charge in [-0.2, -0.15) is 0 Å². The molecule has 2 nitrogen and oxygen atoms in total. The first kappa shape index (κ1) is 12.9. The molecule has 88 valence electrons. The molecule has 0 amide bonds. The normalized spacial score (nSPS) is 14.4. The van der Waals surface area contributed by atoms with Crippen molar-refractivity contribution in [1.29, 1.82) is 0 Å². The van der Waals surface area contributed by atoms with Gasteiger partial charge in [-0.05, 0) is 31.0 Å². The molecular weight excluding hydrogens is 205 g/mol. The molecule has 0 aliphatic heterocycles. The number of aliphatic hydroxyl groups excluding tert-OH is 1. The highest BCUT2D eigenvalue weighted by Gasteiger charge is 2.08. The minimum atomic E-state index is -0.604. The molecule has 0 aliphatic rings. The maximum Gasteiger partial charge on any atom is 0.123 e. The quantitative estimate of drug-likeness (QED) is 0.726. The smallest absolute Gasteiger partial charge is 0.123 e. The molecule has 0 spiro atoms. The molecule has 0 aliphatic carbocycles. The Bertz CT molecular complexity index is 323. The molecule has 0 fully saturated rings. The summed E-state index contributed by atoms with van der Waals surface area (Å²) in [5.41, 5.74) is 0.722. The van der Waals surface area contributed by atoms with Crippen LogP contribution >= 0.6 is 0 Å². The second-order valence-corrected chi connectivity index (χ2v) is 3.90. The first-order valence-corrected chi connectivity index (χ1v) is 5.41. The monoisotopic (exact) mass is 223 g/mol. The molecular formula is C13H18FNO. The number of halogens is 1. The van der Waals surface area contributed by atoms with E-state index in [1.54, 1.807) is 12.1 Å². The zero-order valence-electron chi connectivity index (χ0n) is 9.49. The summed E-state index contributed by atoms with van der Waals surface area (Å²) < 4.78 is 12.7. The Morgan fingerprint density at radius 1 is 1.44 bits per heavy atom. The summed E-state index contributed by atoms with van der Waals surface area (Å²) in [7, 11) is 0. The van der Waals surface area contributed by atoms with E-state index in [2.05, 4.69) is 11.9 Å². The van der Waals surface area contributed by atoms with E-state index in [0.717, 1.165) is 12.0 Å². The average Bonchev–Trinajstić information content (AvgIpc) is 2.27. The van der Waals surface area contributed by atoms with Crippen LogP contribution in [0.5, 0.6) is 0 Å². The molecule has 2 unspecified atom stereocenters. The van der Waals surface area contributed by atoms with Crippen molar-refractivity contribution in [2.75, 3.05) is 6.54 Å². The minimum Gasteiger partial charge on any atom is -0.387 e. The van der Waals surface area contributed by atoms with Crippen LogP contribution in [0.4, 0.5) is 4.39 Å². The second kappa shape index (κ2) is 6.40. The lowest BCUT2D eigenvalue weighted by molar-refractivity contribution is 0.170. The first-order valence-electron chi connectivity index (χ1n) is 5.41. The Morgan fingerprint density at radius 3 is 2.62 bits per heavy atom. The molecule has 2 atom stereocenters. The van der Waals surface area contributed by atoms with Crippen LogP contribution in [0, 0.1) is 5.82 Å². The van der Waals surface area contributed by atoms with Gasteiger partial charge in [0.05, 0.1) is 6.10 Å². The van der Waals surface area contributed by atoms with Crippen LogP contribution in [-0.4, -0.2) is 17.7 Å². The van der Waals surface area contributed by atoms with Crippen molar-refractivity contribution in [3.05, 3.63) is 48.3 Å². The maximum atomic E-state index is 12.7. The van der Waals surface area contributed by atoms with E-state index in [1.807, 2.05) is 13.0 Å². The molecule has 16 heavy (non-hydrogen) atoms. The molecule has 0 saturated carbocycles. The molecule has 1 aromatic rings. The SMILES string of the molecule is C=CCC(C)NCC(O)c1ccc(F)cc1. The zero-order valence-corrected chi connectivity index (χ0v) is 9.49. The minimum absolute atomic E-state index is 0.285. The highest BCUT2D eigenvalue weighted by molar-refractivity contribution is 5.18. The van der Waals surface area contributed by atoms with E-state index in [9.17, 15) is 9.50 Å². The van der Waals surface area contributed by atoms with Gasteiger partial charge in [0.2, 0.25) is 0 Å². The lowest BCUT2D eigenvalue weighted by atomic mass is 10.1. The fourth-order valence-electron chi connectivity index (χ4n) is 1.45. The van der Waals surface area contributed by atoms with Gasteiger partial charge in [-0.25, -0.2) is 4.39 Å². The first-order chi connectivity index (χ1) is 7.63. The van der Waals surface area contributed by atoms with E-state index in [-0.39, 0.29) is 11.9 Å². The summed E-state index contributed by atoms with van der Waals surface area (Å²) in [5, 5.41) is 13.0. The Kier molecular flexibility index (Phi) is 5.15. The Labute approximate surface area is 95.8 Å². The second-order valence-electron chi connectivity index (χ2n) is 3.90. The molecule has 0 saturated heterocycles. The fraction of sp³-hybridized carbons (Fsp3) is 0.385. The van der Waals surface area contributed by atoms with Crippen LogP contribution in [0.25, 0.3) is 0 Å². The number of nitrogens with one attached hydrogen (secondary N) is 1. The van der Waals surface area contributed by atoms with Crippen LogP contribution in [0.1, 0.15) is 25.0 Å². The van der Waals surface area contributed by atoms with Crippen LogP contribution in [-0.2, 0) is 0 Å². The van der Waals surface area contributed by atoms with Crippen molar-refractivity contribution in [2.24, 2.45) is 0 Å². The van der Waals surface area contributed by atoms with Crippen molar-refractivity contribution in [1.82, 2.24) is 5.32 Å². The van der Waals surface area contributed by atoms with Crippen molar-refractivity contribution in [2.45, 2.75) is 25.5 Å². The summed E-state index contributed by atoms with van der Waals surface area (Å²) in [5.74, 6) is -0.288. The molecule has 1 aromatic carbocycles. The molecule has 0 heterocycles. The molecule has 2 N–H and O–H groups in total. The third-order valence-corrected chi connectivity index (χ3v) is 2.43. The summed E-state index contributed by atoms with van der Waals surface area (Å²) in [6.45, 7) is 6.14. The van der Waals surface area contributed by atoms with Gasteiger partial charge in [0, 0.05) is 12.6 Å². The van der Waals surface area contributed by atoms with Crippen LogP contribution in [0.15, 0.2) is 36.9 Å². The topological polar surface area (TPSA) is 32.3 Å². The number of rotatable bonds is 6. The van der Waals surface area contributed by atoms with Gasteiger partial charge in [-0.1, -0.05) is 18.2 Å². The van der Waals surface area contributed by atoms with Crippen LogP contribution in [0.3, 0.4) is 0 Å². The largest absolute Gasteiger partial charge is 0.387 e. The summed E-state index contributed by atoms with van der Waals surface area (Å²) in [6.07, 6.45) is 2.09. The van der Waals surface area contributed by atoms with Gasteiger partial charge in [-0.3, -0.25) is 0 Å². The number of hydrogen-bond acceptors (Lipinski definition) is 2. The van der Waals surface area contributed by atoms with Gasteiger partial charge < -0.3 is 10.4 Å². The van der Waals surface area contributed by atoms with E-state index >= 15 is 0 Å². The average molecular weight is 223 g/mol. The Hall–Kier alpha value is -1.19. The third-order valence-electron chi connectivity index (χ3n) is 2.43.